The molecule has 0 bridgehead atoms. The number of hydrogen-bond donors (Lipinski definition) is 2. The molecular formula is C19H27N3O4. The van der Waals surface area contributed by atoms with E-state index in [1.807, 2.05) is 24.3 Å². The number of nitrogens with one attached hydrogen (secondary N) is 2. The van der Waals surface area contributed by atoms with Crippen LogP contribution in [0.4, 0.5) is 5.69 Å². The van der Waals surface area contributed by atoms with Crippen molar-refractivity contribution >= 4 is 17.5 Å². The van der Waals surface area contributed by atoms with Gasteiger partial charge in [-0.15, -0.1) is 0 Å². The lowest BCUT2D eigenvalue weighted by Gasteiger charge is -2.30. The Morgan fingerprint density at radius 1 is 1.23 bits per heavy atom. The minimum atomic E-state index is -0.0725. The number of ether oxygens (including phenoxy) is 2. The lowest BCUT2D eigenvalue weighted by atomic mass is 9.97. The van der Waals surface area contributed by atoms with E-state index in [-0.39, 0.29) is 24.0 Å². The summed E-state index contributed by atoms with van der Waals surface area (Å²) in [6, 6.07) is 7.89. The Bertz CT molecular complexity index is 631. The lowest BCUT2D eigenvalue weighted by Crippen LogP contribution is -2.41. The first-order chi connectivity index (χ1) is 12.6. The third-order valence-electron chi connectivity index (χ3n) is 4.70. The molecule has 2 aliphatic heterocycles. The summed E-state index contributed by atoms with van der Waals surface area (Å²) in [5.74, 6) is -0.0375. The predicted octanol–water partition coefficient (Wildman–Crippen LogP) is 1.31. The number of anilines is 1. The second-order valence-electron chi connectivity index (χ2n) is 6.84. The number of carbonyl (C=O) groups is 2. The van der Waals surface area contributed by atoms with Gasteiger partial charge in [0.25, 0.3) is 0 Å². The summed E-state index contributed by atoms with van der Waals surface area (Å²) in [5.41, 5.74) is 1.79. The van der Waals surface area contributed by atoms with Crippen LogP contribution < -0.4 is 10.6 Å². The fourth-order valence-electron chi connectivity index (χ4n) is 3.43. The summed E-state index contributed by atoms with van der Waals surface area (Å²) in [5, 5.41) is 5.93. The largest absolute Gasteiger partial charge is 0.379 e. The summed E-state index contributed by atoms with van der Waals surface area (Å²) in [4.78, 5) is 25.6. The van der Waals surface area contributed by atoms with Gasteiger partial charge in [-0.1, -0.05) is 12.1 Å². The number of morpholine rings is 1. The molecule has 7 heteroatoms. The fourth-order valence-corrected chi connectivity index (χ4v) is 3.43. The van der Waals surface area contributed by atoms with E-state index < -0.39 is 0 Å². The van der Waals surface area contributed by atoms with Crippen LogP contribution in [-0.2, 0) is 19.1 Å². The second kappa shape index (κ2) is 9.12. The zero-order valence-electron chi connectivity index (χ0n) is 15.2. The molecule has 2 amide bonds. The molecule has 0 unspecified atom stereocenters. The normalized spacial score (nSPS) is 24.0. The zero-order valence-corrected chi connectivity index (χ0v) is 15.2. The Morgan fingerprint density at radius 2 is 2.04 bits per heavy atom. The van der Waals surface area contributed by atoms with Crippen molar-refractivity contribution < 1.29 is 19.1 Å². The van der Waals surface area contributed by atoms with Crippen LogP contribution >= 0.6 is 0 Å². The molecule has 7 nitrogen and oxygen atoms in total. The molecule has 2 N–H and O–H groups in total. The quantitative estimate of drug-likeness (QED) is 0.827. The maximum atomic E-state index is 12.3. The number of benzene rings is 1. The SMILES string of the molecule is CC(=O)N[C@H]1CCO[C@@H](c2cccc(NC(=O)CN3CCOCC3)c2)C1. The third-order valence-corrected chi connectivity index (χ3v) is 4.70. The molecule has 0 aromatic heterocycles. The summed E-state index contributed by atoms with van der Waals surface area (Å²) in [6.07, 6.45) is 1.49. The van der Waals surface area contributed by atoms with Crippen LogP contribution in [-0.4, -0.2) is 62.2 Å². The maximum absolute atomic E-state index is 12.3. The molecule has 0 radical (unpaired) electrons. The number of hydrogen-bond acceptors (Lipinski definition) is 5. The third kappa shape index (κ3) is 5.52. The van der Waals surface area contributed by atoms with Gasteiger partial charge in [-0.3, -0.25) is 14.5 Å². The molecule has 2 aliphatic rings. The van der Waals surface area contributed by atoms with Crippen molar-refractivity contribution in [3.05, 3.63) is 29.8 Å². The Morgan fingerprint density at radius 3 is 2.81 bits per heavy atom. The van der Waals surface area contributed by atoms with E-state index in [1.54, 1.807) is 0 Å². The minimum absolute atomic E-state index is 0.0141. The highest BCUT2D eigenvalue weighted by Crippen LogP contribution is 2.29. The first-order valence-electron chi connectivity index (χ1n) is 9.19. The van der Waals surface area contributed by atoms with Crippen molar-refractivity contribution in [2.24, 2.45) is 0 Å². The molecule has 26 heavy (non-hydrogen) atoms. The molecule has 2 saturated heterocycles. The van der Waals surface area contributed by atoms with Crippen LogP contribution in [0.3, 0.4) is 0 Å². The molecular weight excluding hydrogens is 334 g/mol. The Kier molecular flexibility index (Phi) is 6.60. The van der Waals surface area contributed by atoms with Crippen molar-refractivity contribution in [1.29, 1.82) is 0 Å². The van der Waals surface area contributed by atoms with Crippen molar-refractivity contribution in [3.63, 3.8) is 0 Å². The highest BCUT2D eigenvalue weighted by Gasteiger charge is 2.24. The molecule has 0 saturated carbocycles. The van der Waals surface area contributed by atoms with Crippen molar-refractivity contribution in [2.75, 3.05) is 44.8 Å². The average Bonchev–Trinajstić information content (AvgIpc) is 2.62. The molecule has 2 heterocycles. The summed E-state index contributed by atoms with van der Waals surface area (Å²) in [6.45, 7) is 5.45. The van der Waals surface area contributed by atoms with E-state index >= 15 is 0 Å². The second-order valence-corrected chi connectivity index (χ2v) is 6.84. The zero-order chi connectivity index (χ0) is 18.4. The van der Waals surface area contributed by atoms with E-state index in [2.05, 4.69) is 15.5 Å². The Labute approximate surface area is 154 Å². The maximum Gasteiger partial charge on any atom is 0.238 e. The topological polar surface area (TPSA) is 79.9 Å². The predicted molar refractivity (Wildman–Crippen MR) is 97.9 cm³/mol. The Hall–Kier alpha value is -1.96. The van der Waals surface area contributed by atoms with Crippen LogP contribution in [0.5, 0.6) is 0 Å². The van der Waals surface area contributed by atoms with E-state index in [4.69, 9.17) is 9.47 Å². The molecule has 142 valence electrons. The number of rotatable bonds is 5. The van der Waals surface area contributed by atoms with Crippen LogP contribution in [0.1, 0.15) is 31.4 Å². The van der Waals surface area contributed by atoms with Crippen LogP contribution in [0, 0.1) is 0 Å². The molecule has 2 fully saturated rings. The number of amides is 2. The molecule has 2 atom stereocenters. The van der Waals surface area contributed by atoms with E-state index in [9.17, 15) is 9.59 Å². The van der Waals surface area contributed by atoms with Gasteiger partial charge >= 0.3 is 0 Å². The van der Waals surface area contributed by atoms with Gasteiger partial charge in [-0.25, -0.2) is 0 Å². The summed E-state index contributed by atoms with van der Waals surface area (Å²) < 4.78 is 11.2. The molecule has 3 rings (SSSR count). The van der Waals surface area contributed by atoms with Gasteiger partial charge in [0.05, 0.1) is 25.9 Å². The molecule has 0 spiro atoms. The smallest absolute Gasteiger partial charge is 0.238 e. The number of nitrogens with zero attached hydrogens (tertiary/aromatic N) is 1. The fraction of sp³-hybridized carbons (Fsp3) is 0.579. The van der Waals surface area contributed by atoms with Gasteiger partial charge in [0, 0.05) is 38.3 Å². The molecule has 0 aliphatic carbocycles. The summed E-state index contributed by atoms with van der Waals surface area (Å²) in [7, 11) is 0. The van der Waals surface area contributed by atoms with Gasteiger partial charge in [0.1, 0.15) is 0 Å². The van der Waals surface area contributed by atoms with Crippen LogP contribution in [0.15, 0.2) is 24.3 Å². The van der Waals surface area contributed by atoms with Crippen molar-refractivity contribution in [1.82, 2.24) is 10.2 Å². The molecule has 1 aromatic rings. The van der Waals surface area contributed by atoms with E-state index in [1.165, 1.54) is 6.92 Å². The van der Waals surface area contributed by atoms with E-state index in [0.717, 1.165) is 37.2 Å². The highest BCUT2D eigenvalue weighted by molar-refractivity contribution is 5.92. The lowest BCUT2D eigenvalue weighted by molar-refractivity contribution is -0.121. The van der Waals surface area contributed by atoms with Crippen LogP contribution in [0.2, 0.25) is 0 Å². The van der Waals surface area contributed by atoms with Gasteiger partial charge in [-0.2, -0.15) is 0 Å². The first-order valence-corrected chi connectivity index (χ1v) is 9.19. The minimum Gasteiger partial charge on any atom is -0.379 e. The van der Waals surface area contributed by atoms with Gasteiger partial charge in [-0.05, 0) is 30.5 Å². The molecule has 1 aromatic carbocycles. The van der Waals surface area contributed by atoms with Gasteiger partial charge < -0.3 is 20.1 Å². The van der Waals surface area contributed by atoms with Crippen molar-refractivity contribution in [3.8, 4) is 0 Å². The number of carbonyl (C=O) groups excluding carboxylic acids is 2. The summed E-state index contributed by atoms with van der Waals surface area (Å²) >= 11 is 0. The standard InChI is InChI=1S/C19H27N3O4/c1-14(23)20-17-5-8-26-18(12-17)15-3-2-4-16(11-15)21-19(24)13-22-6-9-25-10-7-22/h2-4,11,17-18H,5-10,12-13H2,1H3,(H,20,23)(H,21,24)/t17-,18+/m0/s1. The van der Waals surface area contributed by atoms with E-state index in [0.29, 0.717) is 26.4 Å². The Balaban J connectivity index is 1.57. The van der Waals surface area contributed by atoms with Crippen LogP contribution in [0.25, 0.3) is 0 Å². The average molecular weight is 361 g/mol. The van der Waals surface area contributed by atoms with Gasteiger partial charge in [0.15, 0.2) is 0 Å². The monoisotopic (exact) mass is 361 g/mol. The van der Waals surface area contributed by atoms with Crippen molar-refractivity contribution in [2.45, 2.75) is 31.9 Å². The highest BCUT2D eigenvalue weighted by atomic mass is 16.5. The van der Waals surface area contributed by atoms with Gasteiger partial charge in [0.2, 0.25) is 11.8 Å². The first kappa shape index (κ1) is 18.8.